The van der Waals surface area contributed by atoms with Crippen LogP contribution in [0, 0.1) is 28.7 Å². The van der Waals surface area contributed by atoms with Crippen molar-refractivity contribution >= 4 is 17.4 Å². The number of nitrogens with two attached hydrogens (primary N) is 1. The fourth-order valence-electron chi connectivity index (χ4n) is 2.19. The molecule has 0 saturated carbocycles. The van der Waals surface area contributed by atoms with Gasteiger partial charge in [0, 0.05) is 24.9 Å². The number of carbonyl (C=O) groups is 1. The Bertz CT molecular complexity index is 922. The van der Waals surface area contributed by atoms with Crippen molar-refractivity contribution in [1.82, 2.24) is 5.32 Å². The number of nitro groups is 1. The van der Waals surface area contributed by atoms with Crippen LogP contribution in [-0.4, -0.2) is 16.7 Å². The number of aliphatic imine (C=N–C) groups is 1. The van der Waals surface area contributed by atoms with E-state index in [1.54, 1.807) is 6.07 Å². The summed E-state index contributed by atoms with van der Waals surface area (Å²) in [7, 11) is 0. The number of non-ortho nitro benzene ring substituents is 1. The zero-order valence-electron chi connectivity index (χ0n) is 14.3. The summed E-state index contributed by atoms with van der Waals surface area (Å²) < 4.78 is 27.0. The molecular weight excluding hydrogens is 358 g/mol. The predicted octanol–water partition coefficient (Wildman–Crippen LogP) is 2.98. The van der Waals surface area contributed by atoms with Gasteiger partial charge in [0.15, 0.2) is 0 Å². The van der Waals surface area contributed by atoms with E-state index in [4.69, 9.17) is 5.73 Å². The fraction of sp³-hybridized carbons (Fsp3) is 0.111. The number of aryl methyl sites for hydroxylation is 1. The van der Waals surface area contributed by atoms with Crippen molar-refractivity contribution in [3.63, 3.8) is 0 Å². The number of amidine groups is 1. The summed E-state index contributed by atoms with van der Waals surface area (Å²) in [4.78, 5) is 25.6. The maximum Gasteiger partial charge on any atom is 0.284 e. The third kappa shape index (κ3) is 5.18. The molecule has 0 fully saturated rings. The number of benzene rings is 2. The number of halogens is 2. The molecule has 0 aliphatic rings. The van der Waals surface area contributed by atoms with Crippen LogP contribution in [0.3, 0.4) is 0 Å². The Morgan fingerprint density at radius 1 is 1.30 bits per heavy atom. The molecule has 27 heavy (non-hydrogen) atoms. The van der Waals surface area contributed by atoms with Crippen molar-refractivity contribution < 1.29 is 18.5 Å². The summed E-state index contributed by atoms with van der Waals surface area (Å²) in [5.74, 6) is -3.45. The van der Waals surface area contributed by atoms with Crippen LogP contribution >= 0.6 is 0 Å². The van der Waals surface area contributed by atoms with Crippen molar-refractivity contribution in [1.29, 1.82) is 0 Å². The molecule has 2 aromatic carbocycles. The van der Waals surface area contributed by atoms with E-state index in [9.17, 15) is 23.7 Å². The first-order valence-electron chi connectivity index (χ1n) is 7.76. The Morgan fingerprint density at radius 3 is 2.59 bits per heavy atom. The van der Waals surface area contributed by atoms with Gasteiger partial charge in [0.1, 0.15) is 23.0 Å². The second-order valence-corrected chi connectivity index (χ2v) is 5.52. The summed E-state index contributed by atoms with van der Waals surface area (Å²) >= 11 is 0. The van der Waals surface area contributed by atoms with Crippen LogP contribution in [0.5, 0.6) is 0 Å². The molecule has 1 amide bonds. The third-order valence-electron chi connectivity index (χ3n) is 3.62. The highest BCUT2D eigenvalue weighted by Gasteiger charge is 2.16. The number of nitro benzene ring substituents is 1. The Hall–Kier alpha value is -3.62. The van der Waals surface area contributed by atoms with Gasteiger partial charge in [-0.3, -0.25) is 14.9 Å². The second-order valence-electron chi connectivity index (χ2n) is 5.52. The molecule has 0 spiro atoms. The Kier molecular flexibility index (Phi) is 6.32. The molecule has 0 radical (unpaired) electrons. The van der Waals surface area contributed by atoms with Crippen molar-refractivity contribution in [3.05, 3.63) is 87.1 Å². The van der Waals surface area contributed by atoms with Crippen LogP contribution in [-0.2, 0) is 6.54 Å². The minimum Gasteiger partial charge on any atom is -0.387 e. The second kappa shape index (κ2) is 8.65. The quantitative estimate of drug-likeness (QED) is 0.349. The maximum absolute atomic E-state index is 13.5. The van der Waals surface area contributed by atoms with Crippen LogP contribution in [0.15, 0.2) is 53.7 Å². The molecule has 140 valence electrons. The summed E-state index contributed by atoms with van der Waals surface area (Å²) in [6, 6.07) is 7.51. The predicted molar refractivity (Wildman–Crippen MR) is 96.1 cm³/mol. The van der Waals surface area contributed by atoms with Gasteiger partial charge in [0.2, 0.25) is 0 Å². The minimum atomic E-state index is -1.14. The van der Waals surface area contributed by atoms with E-state index in [0.29, 0.717) is 5.56 Å². The van der Waals surface area contributed by atoms with Gasteiger partial charge in [-0.05, 0) is 36.3 Å². The van der Waals surface area contributed by atoms with E-state index < -0.39 is 28.0 Å². The van der Waals surface area contributed by atoms with E-state index in [2.05, 4.69) is 10.3 Å². The number of rotatable bonds is 6. The van der Waals surface area contributed by atoms with Crippen molar-refractivity contribution in [2.45, 2.75) is 13.5 Å². The molecule has 2 rings (SSSR count). The number of amides is 1. The van der Waals surface area contributed by atoms with Crippen molar-refractivity contribution in [3.8, 4) is 0 Å². The first-order chi connectivity index (χ1) is 12.8. The lowest BCUT2D eigenvalue weighted by Crippen LogP contribution is -2.15. The molecule has 0 unspecified atom stereocenters. The number of nitrogens with one attached hydrogen (secondary N) is 1. The summed E-state index contributed by atoms with van der Waals surface area (Å²) in [5.41, 5.74) is 6.30. The molecule has 2 aromatic rings. The summed E-state index contributed by atoms with van der Waals surface area (Å²) in [5, 5.41) is 13.7. The van der Waals surface area contributed by atoms with E-state index in [1.165, 1.54) is 24.4 Å². The van der Waals surface area contributed by atoms with Gasteiger partial charge in [-0.25, -0.2) is 8.78 Å². The molecular formula is C18H16F2N4O3. The average molecular weight is 374 g/mol. The average Bonchev–Trinajstić information content (AvgIpc) is 2.59. The van der Waals surface area contributed by atoms with E-state index in [-0.39, 0.29) is 18.1 Å². The molecule has 0 heterocycles. The molecule has 0 atom stereocenters. The van der Waals surface area contributed by atoms with E-state index in [1.807, 2.05) is 6.92 Å². The van der Waals surface area contributed by atoms with Gasteiger partial charge in [0.05, 0.1) is 4.92 Å². The molecule has 0 bridgehead atoms. The highest BCUT2D eigenvalue weighted by molar-refractivity contribution is 6.06. The highest BCUT2D eigenvalue weighted by Crippen LogP contribution is 2.17. The largest absolute Gasteiger partial charge is 0.387 e. The molecule has 3 N–H and O–H groups in total. The molecule has 0 aromatic heterocycles. The summed E-state index contributed by atoms with van der Waals surface area (Å²) in [6.07, 6.45) is 2.62. The monoisotopic (exact) mass is 374 g/mol. The van der Waals surface area contributed by atoms with Gasteiger partial charge < -0.3 is 11.1 Å². The first kappa shape index (κ1) is 19.7. The maximum atomic E-state index is 13.5. The third-order valence-corrected chi connectivity index (χ3v) is 3.62. The van der Waals surface area contributed by atoms with Gasteiger partial charge >= 0.3 is 0 Å². The number of nitrogens with zero attached hydrogens (tertiary/aromatic N) is 2. The van der Waals surface area contributed by atoms with E-state index >= 15 is 0 Å². The van der Waals surface area contributed by atoms with Crippen LogP contribution < -0.4 is 11.1 Å². The lowest BCUT2D eigenvalue weighted by atomic mass is 10.1. The topological polar surface area (TPSA) is 111 Å². The van der Waals surface area contributed by atoms with Crippen molar-refractivity contribution in [2.24, 2.45) is 10.7 Å². The molecule has 0 aliphatic heterocycles. The van der Waals surface area contributed by atoms with Crippen LogP contribution in [0.1, 0.15) is 21.5 Å². The van der Waals surface area contributed by atoms with Crippen molar-refractivity contribution in [2.75, 3.05) is 0 Å². The van der Waals surface area contributed by atoms with Crippen LogP contribution in [0.4, 0.5) is 14.5 Å². The SMILES string of the molecule is Cc1ccc([N+](=O)[O-])cc1CN/C=C\C(N)=NC(=O)c1c(F)cccc1F. The molecule has 9 heteroatoms. The molecule has 0 saturated heterocycles. The molecule has 0 aliphatic carbocycles. The van der Waals surface area contributed by atoms with Gasteiger partial charge in [-0.15, -0.1) is 0 Å². The van der Waals surface area contributed by atoms with Crippen LogP contribution in [0.25, 0.3) is 0 Å². The number of hydrogen-bond acceptors (Lipinski definition) is 4. The summed E-state index contributed by atoms with van der Waals surface area (Å²) in [6.45, 7) is 2.08. The van der Waals surface area contributed by atoms with Crippen LogP contribution in [0.2, 0.25) is 0 Å². The fourth-order valence-corrected chi connectivity index (χ4v) is 2.19. The molecule has 7 nitrogen and oxygen atoms in total. The first-order valence-corrected chi connectivity index (χ1v) is 7.76. The lowest BCUT2D eigenvalue weighted by molar-refractivity contribution is -0.384. The smallest absolute Gasteiger partial charge is 0.284 e. The minimum absolute atomic E-state index is 0.0278. The van der Waals surface area contributed by atoms with Gasteiger partial charge in [0.25, 0.3) is 11.6 Å². The zero-order chi connectivity index (χ0) is 20.0. The van der Waals surface area contributed by atoms with Gasteiger partial charge in [-0.1, -0.05) is 12.1 Å². The Labute approximate surface area is 153 Å². The Morgan fingerprint density at radius 2 is 1.96 bits per heavy atom. The normalized spacial score (nSPS) is 11.6. The number of carbonyl (C=O) groups excluding carboxylic acids is 1. The highest BCUT2D eigenvalue weighted by atomic mass is 19.1. The number of hydrogen-bond donors (Lipinski definition) is 2. The lowest BCUT2D eigenvalue weighted by Gasteiger charge is -2.05. The zero-order valence-corrected chi connectivity index (χ0v) is 14.3. The van der Waals surface area contributed by atoms with E-state index in [0.717, 1.165) is 23.8 Å². The Balaban J connectivity index is 2.02. The van der Waals surface area contributed by atoms with Gasteiger partial charge in [-0.2, -0.15) is 4.99 Å². The standard InChI is InChI=1S/C18H16F2N4O3/c1-11-5-6-13(24(26)27)9-12(11)10-22-8-7-16(21)23-18(25)17-14(19)3-2-4-15(17)20/h2-9,22H,10H2,1H3,(H2,21,23,25)/b8-7-.